The minimum Gasteiger partial charge on any atom is -0.309 e. The first-order valence-corrected chi connectivity index (χ1v) is 8.43. The van der Waals surface area contributed by atoms with Gasteiger partial charge in [0.2, 0.25) is 0 Å². The van der Waals surface area contributed by atoms with Crippen molar-refractivity contribution < 1.29 is 0 Å². The molecule has 104 valence electrons. The molecule has 3 heteroatoms. The van der Waals surface area contributed by atoms with E-state index in [0.717, 1.165) is 11.6 Å². The third-order valence-corrected chi connectivity index (χ3v) is 5.06. The maximum Gasteiger partial charge on any atom is 0.0590 e. The van der Waals surface area contributed by atoms with Crippen LogP contribution in [0.4, 0.5) is 0 Å². The fourth-order valence-corrected chi connectivity index (χ4v) is 3.54. The molecule has 0 aliphatic rings. The summed E-state index contributed by atoms with van der Waals surface area (Å²) in [5.41, 5.74) is 1.22. The monoisotopic (exact) mass is 287 g/mol. The molecule has 1 aromatic rings. The number of rotatable bonds is 9. The van der Waals surface area contributed by atoms with Crippen molar-refractivity contribution in [2.45, 2.75) is 65.3 Å². The summed E-state index contributed by atoms with van der Waals surface area (Å²) in [6.45, 7) is 7.64. The number of halogens is 1. The zero-order chi connectivity index (χ0) is 13.4. The van der Waals surface area contributed by atoms with Crippen LogP contribution >= 0.6 is 22.9 Å². The van der Waals surface area contributed by atoms with Crippen LogP contribution in [0.2, 0.25) is 5.02 Å². The Morgan fingerprint density at radius 3 is 2.56 bits per heavy atom. The molecule has 1 unspecified atom stereocenters. The Balaban J connectivity index is 2.57. The van der Waals surface area contributed by atoms with E-state index in [1.54, 1.807) is 11.3 Å². The SMILES string of the molecule is CCCCCCC(NCCC)c1scc(C)c1Cl. The molecule has 0 saturated carbocycles. The van der Waals surface area contributed by atoms with Gasteiger partial charge in [0, 0.05) is 10.9 Å². The highest BCUT2D eigenvalue weighted by Gasteiger charge is 2.16. The normalized spacial score (nSPS) is 12.9. The second-order valence-electron chi connectivity index (χ2n) is 4.95. The summed E-state index contributed by atoms with van der Waals surface area (Å²) < 4.78 is 0. The van der Waals surface area contributed by atoms with E-state index < -0.39 is 0 Å². The van der Waals surface area contributed by atoms with E-state index in [-0.39, 0.29) is 0 Å². The number of hydrogen-bond donors (Lipinski definition) is 1. The molecule has 1 atom stereocenters. The Labute approximate surface area is 121 Å². The lowest BCUT2D eigenvalue weighted by Crippen LogP contribution is -2.21. The highest BCUT2D eigenvalue weighted by Crippen LogP contribution is 2.34. The maximum absolute atomic E-state index is 6.39. The summed E-state index contributed by atoms with van der Waals surface area (Å²) >= 11 is 8.20. The van der Waals surface area contributed by atoms with Crippen molar-refractivity contribution in [3.05, 3.63) is 20.8 Å². The third kappa shape index (κ3) is 4.91. The molecule has 1 N–H and O–H groups in total. The van der Waals surface area contributed by atoms with Gasteiger partial charge in [-0.25, -0.2) is 0 Å². The summed E-state index contributed by atoms with van der Waals surface area (Å²) in [6.07, 6.45) is 7.65. The van der Waals surface area contributed by atoms with Crippen molar-refractivity contribution in [3.63, 3.8) is 0 Å². The zero-order valence-electron chi connectivity index (χ0n) is 11.9. The molecule has 0 aliphatic heterocycles. The van der Waals surface area contributed by atoms with Crippen LogP contribution in [0.25, 0.3) is 0 Å². The summed E-state index contributed by atoms with van der Waals surface area (Å²) in [5, 5.41) is 6.79. The van der Waals surface area contributed by atoms with Gasteiger partial charge in [-0.15, -0.1) is 11.3 Å². The van der Waals surface area contributed by atoms with Crippen molar-refractivity contribution >= 4 is 22.9 Å². The molecule has 0 amide bonds. The first kappa shape index (κ1) is 16.0. The summed E-state index contributed by atoms with van der Waals surface area (Å²) in [7, 11) is 0. The molecule has 1 nitrogen and oxygen atoms in total. The highest BCUT2D eigenvalue weighted by molar-refractivity contribution is 7.10. The quantitative estimate of drug-likeness (QED) is 0.573. The van der Waals surface area contributed by atoms with Gasteiger partial charge >= 0.3 is 0 Å². The van der Waals surface area contributed by atoms with Gasteiger partial charge in [0.1, 0.15) is 0 Å². The molecule has 18 heavy (non-hydrogen) atoms. The summed E-state index contributed by atoms with van der Waals surface area (Å²) in [4.78, 5) is 1.33. The van der Waals surface area contributed by atoms with Gasteiger partial charge in [-0.05, 0) is 37.3 Å². The van der Waals surface area contributed by atoms with Crippen LogP contribution in [0.1, 0.15) is 68.9 Å². The number of aryl methyl sites for hydroxylation is 1. The fraction of sp³-hybridized carbons (Fsp3) is 0.733. The fourth-order valence-electron chi connectivity index (χ4n) is 2.10. The minimum absolute atomic E-state index is 0.452. The van der Waals surface area contributed by atoms with Gasteiger partial charge < -0.3 is 5.32 Å². The smallest absolute Gasteiger partial charge is 0.0590 e. The predicted molar refractivity (Wildman–Crippen MR) is 83.9 cm³/mol. The van der Waals surface area contributed by atoms with Gasteiger partial charge in [-0.2, -0.15) is 0 Å². The van der Waals surface area contributed by atoms with E-state index >= 15 is 0 Å². The highest BCUT2D eigenvalue weighted by atomic mass is 35.5. The molecule has 1 aromatic heterocycles. The molecule has 1 heterocycles. The predicted octanol–water partition coefficient (Wildman–Crippen LogP) is 5.72. The lowest BCUT2D eigenvalue weighted by atomic mass is 10.1. The van der Waals surface area contributed by atoms with Crippen LogP contribution in [-0.2, 0) is 0 Å². The molecule has 0 aliphatic carbocycles. The number of nitrogens with one attached hydrogen (secondary N) is 1. The van der Waals surface area contributed by atoms with Gasteiger partial charge in [0.05, 0.1) is 5.02 Å². The topological polar surface area (TPSA) is 12.0 Å². The van der Waals surface area contributed by atoms with E-state index in [1.165, 1.54) is 49.0 Å². The van der Waals surface area contributed by atoms with Crippen LogP contribution in [0, 0.1) is 6.92 Å². The molecule has 0 fully saturated rings. The van der Waals surface area contributed by atoms with Gasteiger partial charge in [0.15, 0.2) is 0 Å². The van der Waals surface area contributed by atoms with E-state index in [1.807, 2.05) is 0 Å². The first-order valence-electron chi connectivity index (χ1n) is 7.17. The molecule has 0 saturated heterocycles. The van der Waals surface area contributed by atoms with Crippen LogP contribution in [0.5, 0.6) is 0 Å². The maximum atomic E-state index is 6.39. The second-order valence-corrected chi connectivity index (χ2v) is 6.24. The standard InChI is InChI=1S/C15H26ClNS/c1-4-6-7-8-9-13(17-10-5-2)15-14(16)12(3)11-18-15/h11,13,17H,4-10H2,1-3H3. The van der Waals surface area contributed by atoms with Gasteiger partial charge in [0.25, 0.3) is 0 Å². The lowest BCUT2D eigenvalue weighted by Gasteiger charge is -2.18. The Hall–Kier alpha value is -0.0500. The first-order chi connectivity index (χ1) is 8.70. The third-order valence-electron chi connectivity index (χ3n) is 3.23. The number of hydrogen-bond acceptors (Lipinski definition) is 2. The van der Waals surface area contributed by atoms with Crippen LogP contribution in [0.15, 0.2) is 5.38 Å². The molecular formula is C15H26ClNS. The van der Waals surface area contributed by atoms with Crippen molar-refractivity contribution in [2.24, 2.45) is 0 Å². The summed E-state index contributed by atoms with van der Waals surface area (Å²) in [5.74, 6) is 0. The summed E-state index contributed by atoms with van der Waals surface area (Å²) in [6, 6.07) is 0.452. The van der Waals surface area contributed by atoms with Crippen LogP contribution in [0.3, 0.4) is 0 Å². The molecule has 0 bridgehead atoms. The van der Waals surface area contributed by atoms with Crippen molar-refractivity contribution in [3.8, 4) is 0 Å². The van der Waals surface area contributed by atoms with E-state index in [0.29, 0.717) is 6.04 Å². The molecule has 0 aromatic carbocycles. The Bertz CT molecular complexity index is 335. The molecule has 0 radical (unpaired) electrons. The van der Waals surface area contributed by atoms with E-state index in [2.05, 4.69) is 31.5 Å². The molecular weight excluding hydrogens is 262 g/mol. The Morgan fingerprint density at radius 2 is 2.00 bits per heavy atom. The van der Waals surface area contributed by atoms with Crippen LogP contribution in [-0.4, -0.2) is 6.54 Å². The number of unbranched alkanes of at least 4 members (excludes halogenated alkanes) is 3. The minimum atomic E-state index is 0.452. The zero-order valence-corrected chi connectivity index (χ0v) is 13.5. The van der Waals surface area contributed by atoms with Crippen LogP contribution < -0.4 is 5.32 Å². The average Bonchev–Trinajstić information content (AvgIpc) is 2.70. The van der Waals surface area contributed by atoms with Crippen molar-refractivity contribution in [1.82, 2.24) is 5.32 Å². The Kier molecular flexibility index (Phi) is 7.96. The van der Waals surface area contributed by atoms with Gasteiger partial charge in [-0.1, -0.05) is 51.1 Å². The lowest BCUT2D eigenvalue weighted by molar-refractivity contribution is 0.476. The number of thiophene rings is 1. The van der Waals surface area contributed by atoms with Crippen molar-refractivity contribution in [2.75, 3.05) is 6.54 Å². The van der Waals surface area contributed by atoms with E-state index in [9.17, 15) is 0 Å². The van der Waals surface area contributed by atoms with E-state index in [4.69, 9.17) is 11.6 Å². The van der Waals surface area contributed by atoms with Gasteiger partial charge in [-0.3, -0.25) is 0 Å². The largest absolute Gasteiger partial charge is 0.309 e. The average molecular weight is 288 g/mol. The molecule has 1 rings (SSSR count). The van der Waals surface area contributed by atoms with Crippen molar-refractivity contribution in [1.29, 1.82) is 0 Å². The molecule has 0 spiro atoms. The Morgan fingerprint density at radius 1 is 1.22 bits per heavy atom. The second kappa shape index (κ2) is 8.95.